The van der Waals surface area contributed by atoms with E-state index < -0.39 is 0 Å². The summed E-state index contributed by atoms with van der Waals surface area (Å²) in [6.45, 7) is 1.23. The number of nitrogens with one attached hydrogen (secondary N) is 2. The average molecular weight is 200 g/mol. The van der Waals surface area contributed by atoms with Gasteiger partial charge in [-0.1, -0.05) is 0 Å². The Morgan fingerprint density at radius 2 is 2.50 bits per heavy atom. The van der Waals surface area contributed by atoms with Crippen molar-refractivity contribution < 1.29 is 14.3 Å². The molecule has 0 saturated carbocycles. The van der Waals surface area contributed by atoms with Crippen LogP contribution in [0.25, 0.3) is 0 Å². The highest BCUT2D eigenvalue weighted by atomic mass is 16.5. The van der Waals surface area contributed by atoms with Gasteiger partial charge in [-0.15, -0.1) is 0 Å². The van der Waals surface area contributed by atoms with Crippen LogP contribution >= 0.6 is 0 Å². The van der Waals surface area contributed by atoms with Crippen molar-refractivity contribution in [2.24, 2.45) is 0 Å². The number of methoxy groups -OCH3 is 1. The summed E-state index contributed by atoms with van der Waals surface area (Å²) < 4.78 is 4.85. The van der Waals surface area contributed by atoms with Gasteiger partial charge in [0.2, 0.25) is 11.8 Å². The van der Waals surface area contributed by atoms with Crippen molar-refractivity contribution in [3.63, 3.8) is 0 Å². The monoisotopic (exact) mass is 200 g/mol. The molecule has 5 nitrogen and oxygen atoms in total. The topological polar surface area (TPSA) is 67.4 Å². The van der Waals surface area contributed by atoms with E-state index in [1.807, 2.05) is 0 Å². The molecule has 1 atom stereocenters. The van der Waals surface area contributed by atoms with Crippen LogP contribution in [0, 0.1) is 0 Å². The molecule has 2 N–H and O–H groups in total. The third-order valence-corrected chi connectivity index (χ3v) is 2.14. The lowest BCUT2D eigenvalue weighted by atomic mass is 10.2. The van der Waals surface area contributed by atoms with Gasteiger partial charge in [0.25, 0.3) is 0 Å². The maximum absolute atomic E-state index is 11.4. The minimum Gasteiger partial charge on any atom is -0.385 e. The van der Waals surface area contributed by atoms with Crippen LogP contribution in [-0.2, 0) is 14.3 Å². The summed E-state index contributed by atoms with van der Waals surface area (Å²) >= 11 is 0. The molecule has 1 aliphatic rings. The Hall–Kier alpha value is -1.10. The Balaban J connectivity index is 2.12. The molecule has 1 heterocycles. The highest BCUT2D eigenvalue weighted by Crippen LogP contribution is 2.05. The summed E-state index contributed by atoms with van der Waals surface area (Å²) in [5.41, 5.74) is 0. The third-order valence-electron chi connectivity index (χ3n) is 2.14. The van der Waals surface area contributed by atoms with Gasteiger partial charge in [-0.05, 0) is 12.8 Å². The zero-order valence-corrected chi connectivity index (χ0v) is 8.34. The second-order valence-electron chi connectivity index (χ2n) is 3.30. The number of carbonyl (C=O) groups is 2. The van der Waals surface area contributed by atoms with Gasteiger partial charge >= 0.3 is 0 Å². The molecule has 1 unspecified atom stereocenters. The smallest absolute Gasteiger partial charge is 0.242 e. The Morgan fingerprint density at radius 1 is 1.71 bits per heavy atom. The van der Waals surface area contributed by atoms with E-state index >= 15 is 0 Å². The van der Waals surface area contributed by atoms with Gasteiger partial charge in [0.1, 0.15) is 6.04 Å². The fourth-order valence-corrected chi connectivity index (χ4v) is 1.36. The molecule has 0 spiro atoms. The second-order valence-corrected chi connectivity index (χ2v) is 3.30. The van der Waals surface area contributed by atoms with Crippen molar-refractivity contribution in [1.82, 2.24) is 10.6 Å². The van der Waals surface area contributed by atoms with Gasteiger partial charge in [-0.3, -0.25) is 9.59 Å². The number of amides is 2. The van der Waals surface area contributed by atoms with Gasteiger partial charge in [0.15, 0.2) is 0 Å². The first kappa shape index (κ1) is 11.0. The Labute approximate surface area is 83.2 Å². The number of carbonyl (C=O) groups excluding carboxylic acids is 2. The standard InChI is InChI=1S/C9H16N2O3/c1-14-6-2-5-10-9(13)7-3-4-8(12)11-7/h7H,2-6H2,1H3,(H,10,13)(H,11,12). The highest BCUT2D eigenvalue weighted by molar-refractivity contribution is 5.90. The van der Waals surface area contributed by atoms with E-state index in [4.69, 9.17) is 4.74 Å². The molecule has 5 heteroatoms. The molecule has 1 fully saturated rings. The Bertz CT molecular complexity index is 218. The summed E-state index contributed by atoms with van der Waals surface area (Å²) in [7, 11) is 1.62. The molecular formula is C9H16N2O3. The van der Waals surface area contributed by atoms with Crippen LogP contribution in [0.5, 0.6) is 0 Å². The molecule has 0 aliphatic carbocycles. The van der Waals surface area contributed by atoms with Gasteiger partial charge in [0.05, 0.1) is 0 Å². The van der Waals surface area contributed by atoms with Crippen LogP contribution in [0.2, 0.25) is 0 Å². The molecule has 80 valence electrons. The van der Waals surface area contributed by atoms with Gasteiger partial charge in [-0.25, -0.2) is 0 Å². The highest BCUT2D eigenvalue weighted by Gasteiger charge is 2.26. The van der Waals surface area contributed by atoms with Crippen molar-refractivity contribution >= 4 is 11.8 Å². The van der Waals surface area contributed by atoms with Gasteiger partial charge in [0, 0.05) is 26.7 Å². The van der Waals surface area contributed by atoms with Crippen molar-refractivity contribution in [2.45, 2.75) is 25.3 Å². The summed E-state index contributed by atoms with van der Waals surface area (Å²) in [6.07, 6.45) is 1.86. The minimum absolute atomic E-state index is 0.0398. The molecule has 1 saturated heterocycles. The average Bonchev–Trinajstić information content (AvgIpc) is 2.59. The maximum atomic E-state index is 11.4. The molecule has 0 radical (unpaired) electrons. The second kappa shape index (κ2) is 5.59. The van der Waals surface area contributed by atoms with Crippen molar-refractivity contribution in [3.8, 4) is 0 Å². The van der Waals surface area contributed by atoms with Crippen LogP contribution < -0.4 is 10.6 Å². The van der Waals surface area contributed by atoms with Crippen LogP contribution in [0.1, 0.15) is 19.3 Å². The van der Waals surface area contributed by atoms with Crippen LogP contribution in [-0.4, -0.2) is 38.1 Å². The Morgan fingerprint density at radius 3 is 3.07 bits per heavy atom. The lowest BCUT2D eigenvalue weighted by Crippen LogP contribution is -2.42. The molecule has 0 aromatic heterocycles. The van der Waals surface area contributed by atoms with Crippen molar-refractivity contribution in [3.05, 3.63) is 0 Å². The summed E-state index contributed by atoms with van der Waals surface area (Å²) in [6, 6.07) is -0.329. The zero-order chi connectivity index (χ0) is 10.4. The molecule has 1 aliphatic heterocycles. The first-order valence-corrected chi connectivity index (χ1v) is 4.80. The summed E-state index contributed by atoms with van der Waals surface area (Å²) in [5, 5.41) is 5.36. The molecule has 0 aromatic rings. The first-order valence-electron chi connectivity index (χ1n) is 4.80. The SMILES string of the molecule is COCCCNC(=O)C1CCC(=O)N1. The van der Waals surface area contributed by atoms with Gasteiger partial charge in [-0.2, -0.15) is 0 Å². The van der Waals surface area contributed by atoms with Gasteiger partial charge < -0.3 is 15.4 Å². The van der Waals surface area contributed by atoms with E-state index in [9.17, 15) is 9.59 Å². The predicted octanol–water partition coefficient (Wildman–Crippen LogP) is -0.582. The number of hydrogen-bond acceptors (Lipinski definition) is 3. The lowest BCUT2D eigenvalue weighted by molar-refractivity contribution is -0.125. The van der Waals surface area contributed by atoms with E-state index in [2.05, 4.69) is 10.6 Å². The number of rotatable bonds is 5. The fraction of sp³-hybridized carbons (Fsp3) is 0.778. The normalized spacial score (nSPS) is 20.6. The fourth-order valence-electron chi connectivity index (χ4n) is 1.36. The maximum Gasteiger partial charge on any atom is 0.242 e. The molecule has 2 amide bonds. The first-order chi connectivity index (χ1) is 6.74. The largest absolute Gasteiger partial charge is 0.385 e. The summed E-state index contributed by atoms with van der Waals surface area (Å²) in [5.74, 6) is -0.131. The number of hydrogen-bond donors (Lipinski definition) is 2. The zero-order valence-electron chi connectivity index (χ0n) is 8.34. The summed E-state index contributed by atoms with van der Waals surface area (Å²) in [4.78, 5) is 22.2. The molecule has 0 bridgehead atoms. The van der Waals surface area contributed by atoms with Crippen LogP contribution in [0.15, 0.2) is 0 Å². The van der Waals surface area contributed by atoms with E-state index in [0.717, 1.165) is 6.42 Å². The molecule has 14 heavy (non-hydrogen) atoms. The lowest BCUT2D eigenvalue weighted by Gasteiger charge is -2.10. The molecule has 0 aromatic carbocycles. The molecular weight excluding hydrogens is 184 g/mol. The van der Waals surface area contributed by atoms with Crippen molar-refractivity contribution in [2.75, 3.05) is 20.3 Å². The van der Waals surface area contributed by atoms with Crippen molar-refractivity contribution in [1.29, 1.82) is 0 Å². The molecule has 1 rings (SSSR count). The van der Waals surface area contributed by atoms with Crippen LogP contribution in [0.4, 0.5) is 0 Å². The predicted molar refractivity (Wildman–Crippen MR) is 50.7 cm³/mol. The third kappa shape index (κ3) is 3.33. The van der Waals surface area contributed by atoms with E-state index in [0.29, 0.717) is 26.0 Å². The number of ether oxygens (including phenoxy) is 1. The van der Waals surface area contributed by atoms with Crippen LogP contribution in [0.3, 0.4) is 0 Å². The van der Waals surface area contributed by atoms with E-state index in [-0.39, 0.29) is 17.9 Å². The minimum atomic E-state index is -0.329. The quantitative estimate of drug-likeness (QED) is 0.583. The van der Waals surface area contributed by atoms with E-state index in [1.165, 1.54) is 0 Å². The Kier molecular flexibility index (Phi) is 4.39. The van der Waals surface area contributed by atoms with E-state index in [1.54, 1.807) is 7.11 Å².